The lowest BCUT2D eigenvalue weighted by Crippen LogP contribution is -2.16. The Morgan fingerprint density at radius 3 is 2.32 bits per heavy atom. The van der Waals surface area contributed by atoms with Crippen LogP contribution in [0.3, 0.4) is 0 Å². The van der Waals surface area contributed by atoms with Gasteiger partial charge in [-0.25, -0.2) is 0 Å². The van der Waals surface area contributed by atoms with Gasteiger partial charge in [0.1, 0.15) is 0 Å². The van der Waals surface area contributed by atoms with Crippen LogP contribution >= 0.6 is 11.8 Å². The van der Waals surface area contributed by atoms with Crippen molar-refractivity contribution >= 4 is 11.8 Å². The molecule has 0 saturated carbocycles. The molecule has 0 radical (unpaired) electrons. The molecule has 0 saturated heterocycles. The van der Waals surface area contributed by atoms with Gasteiger partial charge in [-0.05, 0) is 45.8 Å². The molecule has 112 valence electrons. The van der Waals surface area contributed by atoms with Crippen molar-refractivity contribution < 1.29 is 0 Å². The molecule has 0 aliphatic heterocycles. The van der Waals surface area contributed by atoms with E-state index in [0.29, 0.717) is 0 Å². The van der Waals surface area contributed by atoms with Gasteiger partial charge in [0.05, 0.1) is 0 Å². The van der Waals surface area contributed by atoms with Crippen LogP contribution in [0.25, 0.3) is 0 Å². The van der Waals surface area contributed by atoms with Crippen molar-refractivity contribution in [3.05, 3.63) is 24.3 Å². The fourth-order valence-electron chi connectivity index (χ4n) is 2.07. The number of rotatable bonds is 12. The summed E-state index contributed by atoms with van der Waals surface area (Å²) in [6, 6.07) is 0. The smallest absolute Gasteiger partial charge is 0.0311 e. The Balaban J connectivity index is 3.73. The zero-order valence-electron chi connectivity index (χ0n) is 13.6. The van der Waals surface area contributed by atoms with Crippen molar-refractivity contribution in [2.24, 2.45) is 0 Å². The average Bonchev–Trinajstić information content (AvgIpc) is 2.37. The fraction of sp³-hybridized carbons (Fsp3) is 0.778. The molecule has 0 heterocycles. The quantitative estimate of drug-likeness (QED) is 0.281. The van der Waals surface area contributed by atoms with Gasteiger partial charge in [0.25, 0.3) is 0 Å². The van der Waals surface area contributed by atoms with Crippen LogP contribution in [0.1, 0.15) is 79.1 Å². The predicted octanol–water partition coefficient (Wildman–Crippen LogP) is 6.77. The minimum atomic E-state index is 0.259. The zero-order chi connectivity index (χ0) is 14.6. The Morgan fingerprint density at radius 1 is 1.11 bits per heavy atom. The topological polar surface area (TPSA) is 0 Å². The van der Waals surface area contributed by atoms with E-state index in [0.717, 1.165) is 0 Å². The molecule has 0 nitrogen and oxygen atoms in total. The molecule has 0 rings (SSSR count). The van der Waals surface area contributed by atoms with Gasteiger partial charge in [-0.1, -0.05) is 56.8 Å². The third kappa shape index (κ3) is 11.4. The van der Waals surface area contributed by atoms with E-state index in [4.69, 9.17) is 0 Å². The fourth-order valence-corrected chi connectivity index (χ4v) is 3.26. The van der Waals surface area contributed by atoms with Crippen LogP contribution < -0.4 is 0 Å². The van der Waals surface area contributed by atoms with Gasteiger partial charge in [0.2, 0.25) is 0 Å². The molecule has 0 bridgehead atoms. The molecule has 0 fully saturated rings. The molecule has 0 N–H and O–H groups in total. The second-order valence-electron chi connectivity index (χ2n) is 5.95. The van der Waals surface area contributed by atoms with Crippen molar-refractivity contribution in [3.8, 4) is 0 Å². The summed E-state index contributed by atoms with van der Waals surface area (Å²) in [5, 5.41) is 0. The van der Waals surface area contributed by atoms with Gasteiger partial charge in [-0.2, -0.15) is 11.8 Å². The van der Waals surface area contributed by atoms with E-state index in [1.54, 1.807) is 0 Å². The standard InChI is InChI=1S/C18H34S/c1-6-8-9-10-11-12-16-19-18(5,7-2)15-13-14-17(3)4/h7,14H,2,6,8-13,15-16H2,1,3-5H3. The Hall–Kier alpha value is -0.170. The maximum atomic E-state index is 4.03. The Kier molecular flexibility index (Phi) is 11.5. The highest BCUT2D eigenvalue weighted by molar-refractivity contribution is 8.00. The second-order valence-corrected chi connectivity index (χ2v) is 7.58. The molecule has 1 atom stereocenters. The van der Waals surface area contributed by atoms with E-state index >= 15 is 0 Å². The van der Waals surface area contributed by atoms with Gasteiger partial charge >= 0.3 is 0 Å². The highest BCUT2D eigenvalue weighted by atomic mass is 32.2. The third-order valence-corrected chi connectivity index (χ3v) is 5.08. The number of hydrogen-bond acceptors (Lipinski definition) is 1. The van der Waals surface area contributed by atoms with E-state index < -0.39 is 0 Å². The lowest BCUT2D eigenvalue weighted by molar-refractivity contribution is 0.625. The van der Waals surface area contributed by atoms with Crippen molar-refractivity contribution in [1.82, 2.24) is 0 Å². The maximum absolute atomic E-state index is 4.03. The number of unbranched alkanes of at least 4 members (excludes halogenated alkanes) is 5. The number of hydrogen-bond donors (Lipinski definition) is 0. The first-order valence-electron chi connectivity index (χ1n) is 7.95. The number of allylic oxidation sites excluding steroid dienone is 2. The average molecular weight is 283 g/mol. The van der Waals surface area contributed by atoms with Crippen LogP contribution in [0, 0.1) is 0 Å². The molecular weight excluding hydrogens is 248 g/mol. The van der Waals surface area contributed by atoms with Crippen LogP contribution in [0.2, 0.25) is 0 Å². The Bertz CT molecular complexity index is 250. The summed E-state index contributed by atoms with van der Waals surface area (Å²) >= 11 is 2.09. The first-order valence-corrected chi connectivity index (χ1v) is 8.93. The monoisotopic (exact) mass is 282 g/mol. The molecule has 0 spiro atoms. The van der Waals surface area contributed by atoms with Crippen molar-refractivity contribution in [1.29, 1.82) is 0 Å². The normalized spacial score (nSPS) is 13.9. The molecule has 0 aromatic rings. The molecule has 0 aromatic carbocycles. The van der Waals surface area contributed by atoms with E-state index in [1.165, 1.54) is 62.7 Å². The molecule has 0 aliphatic carbocycles. The maximum Gasteiger partial charge on any atom is 0.0311 e. The van der Waals surface area contributed by atoms with Crippen LogP contribution in [-0.4, -0.2) is 10.5 Å². The summed E-state index contributed by atoms with van der Waals surface area (Å²) in [5.41, 5.74) is 1.42. The van der Waals surface area contributed by atoms with Gasteiger partial charge in [-0.15, -0.1) is 6.58 Å². The van der Waals surface area contributed by atoms with Crippen molar-refractivity contribution in [3.63, 3.8) is 0 Å². The van der Waals surface area contributed by atoms with E-state index in [9.17, 15) is 0 Å². The second kappa shape index (κ2) is 11.6. The highest BCUT2D eigenvalue weighted by Gasteiger charge is 2.19. The van der Waals surface area contributed by atoms with Crippen LogP contribution in [-0.2, 0) is 0 Å². The van der Waals surface area contributed by atoms with Crippen LogP contribution in [0.4, 0.5) is 0 Å². The lowest BCUT2D eigenvalue weighted by Gasteiger charge is -2.24. The highest BCUT2D eigenvalue weighted by Crippen LogP contribution is 2.32. The minimum absolute atomic E-state index is 0.259. The summed E-state index contributed by atoms with van der Waals surface area (Å²) in [5.74, 6) is 1.28. The zero-order valence-corrected chi connectivity index (χ0v) is 14.5. The predicted molar refractivity (Wildman–Crippen MR) is 93.1 cm³/mol. The third-order valence-electron chi connectivity index (χ3n) is 3.55. The summed E-state index contributed by atoms with van der Waals surface area (Å²) in [6.45, 7) is 13.0. The Morgan fingerprint density at radius 2 is 1.74 bits per heavy atom. The van der Waals surface area contributed by atoms with Crippen molar-refractivity contribution in [2.45, 2.75) is 83.8 Å². The SMILES string of the molecule is C=CC(C)(CCC=C(C)C)SCCCCCCCC. The summed E-state index contributed by atoms with van der Waals surface area (Å²) in [4.78, 5) is 0. The summed E-state index contributed by atoms with van der Waals surface area (Å²) in [7, 11) is 0. The molecule has 0 aliphatic rings. The molecule has 19 heavy (non-hydrogen) atoms. The number of thioether (sulfide) groups is 1. The molecule has 0 aromatic heterocycles. The first kappa shape index (κ1) is 18.8. The van der Waals surface area contributed by atoms with Crippen LogP contribution in [0.5, 0.6) is 0 Å². The summed E-state index contributed by atoms with van der Waals surface area (Å²) < 4.78 is 0.259. The van der Waals surface area contributed by atoms with Gasteiger partial charge in [0, 0.05) is 4.75 Å². The minimum Gasteiger partial charge on any atom is -0.151 e. The van der Waals surface area contributed by atoms with Crippen molar-refractivity contribution in [2.75, 3.05) is 5.75 Å². The van der Waals surface area contributed by atoms with E-state index in [1.807, 2.05) is 0 Å². The summed E-state index contributed by atoms with van der Waals surface area (Å²) in [6.07, 6.45) is 15.2. The molecule has 0 amide bonds. The van der Waals surface area contributed by atoms with Gasteiger partial charge < -0.3 is 0 Å². The Labute approximate surface area is 126 Å². The van der Waals surface area contributed by atoms with Gasteiger partial charge in [-0.3, -0.25) is 0 Å². The van der Waals surface area contributed by atoms with E-state index in [2.05, 4.69) is 58.2 Å². The molecule has 1 unspecified atom stereocenters. The first-order chi connectivity index (χ1) is 9.04. The largest absolute Gasteiger partial charge is 0.151 e. The van der Waals surface area contributed by atoms with Crippen LogP contribution in [0.15, 0.2) is 24.3 Å². The lowest BCUT2D eigenvalue weighted by atomic mass is 10.0. The van der Waals surface area contributed by atoms with Gasteiger partial charge in [0.15, 0.2) is 0 Å². The molecule has 1 heteroatoms. The molecular formula is C18H34S. The van der Waals surface area contributed by atoms with E-state index in [-0.39, 0.29) is 4.75 Å².